The molecule has 2 aromatic heterocycles. The number of benzene rings is 1. The van der Waals surface area contributed by atoms with Gasteiger partial charge in [0.15, 0.2) is 5.69 Å². The topological polar surface area (TPSA) is 119 Å². The number of furan rings is 1. The van der Waals surface area contributed by atoms with Crippen LogP contribution < -0.4 is 5.56 Å². The molecule has 0 spiro atoms. The lowest BCUT2D eigenvalue weighted by Crippen LogP contribution is -2.22. The zero-order chi connectivity index (χ0) is 18.5. The lowest BCUT2D eigenvalue weighted by molar-refractivity contribution is -0.384. The second-order valence-electron chi connectivity index (χ2n) is 4.97. The van der Waals surface area contributed by atoms with Gasteiger partial charge in [0.05, 0.1) is 17.4 Å². The molecule has 1 N–H and O–H groups in total. The number of H-pyrrole nitrogens is 1. The maximum Gasteiger partial charge on any atom is 0.301 e. The van der Waals surface area contributed by atoms with Crippen molar-refractivity contribution in [3.63, 3.8) is 0 Å². The molecular weight excluding hydrogens is 358 g/mol. The molecule has 0 atom stereocenters. The second kappa shape index (κ2) is 7.49. The molecule has 0 saturated carbocycles. The van der Waals surface area contributed by atoms with Gasteiger partial charge in [-0.15, -0.1) is 0 Å². The summed E-state index contributed by atoms with van der Waals surface area (Å²) in [7, 11) is 0. The zero-order valence-electron chi connectivity index (χ0n) is 13.1. The number of nitrogens with one attached hydrogen (secondary N) is 1. The molecule has 9 nitrogen and oxygen atoms in total. The third kappa shape index (κ3) is 3.87. The number of nitro groups is 1. The molecule has 0 aliphatic heterocycles. The summed E-state index contributed by atoms with van der Waals surface area (Å²) in [6.07, 6.45) is 5.95. The number of aromatic nitrogens is 3. The van der Waals surface area contributed by atoms with Gasteiger partial charge < -0.3 is 4.42 Å². The van der Waals surface area contributed by atoms with Gasteiger partial charge in [-0.25, -0.2) is 0 Å². The summed E-state index contributed by atoms with van der Waals surface area (Å²) >= 11 is 5.03. The van der Waals surface area contributed by atoms with Crippen LogP contribution in [0.1, 0.15) is 17.0 Å². The van der Waals surface area contributed by atoms with Crippen LogP contribution in [0.15, 0.2) is 57.0 Å². The maximum absolute atomic E-state index is 12.4. The van der Waals surface area contributed by atoms with Crippen molar-refractivity contribution in [3.05, 3.63) is 84.9 Å². The molecule has 3 aromatic rings. The lowest BCUT2D eigenvalue weighted by Gasteiger charge is -1.99. The normalized spacial score (nSPS) is 11.4. The van der Waals surface area contributed by atoms with Gasteiger partial charge in [-0.3, -0.25) is 20.0 Å². The molecule has 0 unspecified atom stereocenters. The molecule has 0 radical (unpaired) electrons. The lowest BCUT2D eigenvalue weighted by atomic mass is 10.2. The molecule has 1 aromatic carbocycles. The molecule has 0 bridgehead atoms. The van der Waals surface area contributed by atoms with Crippen LogP contribution in [0, 0.1) is 14.9 Å². The van der Waals surface area contributed by atoms with Gasteiger partial charge in [-0.1, -0.05) is 0 Å². The summed E-state index contributed by atoms with van der Waals surface area (Å²) in [6.45, 7) is 0. The van der Waals surface area contributed by atoms with Crippen molar-refractivity contribution in [2.24, 2.45) is 5.10 Å². The van der Waals surface area contributed by atoms with Crippen LogP contribution >= 0.6 is 12.2 Å². The van der Waals surface area contributed by atoms with Gasteiger partial charge in [-0.2, -0.15) is 14.9 Å². The Morgan fingerprint density at radius 1 is 1.27 bits per heavy atom. The van der Waals surface area contributed by atoms with Gasteiger partial charge in [0.1, 0.15) is 5.76 Å². The van der Waals surface area contributed by atoms with E-state index in [2.05, 4.69) is 15.3 Å². The Bertz CT molecular complexity index is 1090. The third-order valence-corrected chi connectivity index (χ3v) is 3.51. The molecule has 0 aliphatic carbocycles. The van der Waals surface area contributed by atoms with Crippen molar-refractivity contribution in [1.29, 1.82) is 0 Å². The standard InChI is InChI=1S/C16H11N5O4S/c22-15-14(8-7-13-2-1-9-25-13)18-19-16(26)20(15)17-10-11-3-5-12(6-4-11)21(23)24/h1-10H,(H,19,26)/b8-7+,17-10+. The minimum atomic E-state index is -0.519. The van der Waals surface area contributed by atoms with E-state index in [9.17, 15) is 14.9 Å². The second-order valence-corrected chi connectivity index (χ2v) is 5.36. The summed E-state index contributed by atoms with van der Waals surface area (Å²) in [5, 5.41) is 21.1. The molecule has 26 heavy (non-hydrogen) atoms. The molecule has 0 saturated heterocycles. The van der Waals surface area contributed by atoms with Crippen LogP contribution in [0.3, 0.4) is 0 Å². The summed E-state index contributed by atoms with van der Waals surface area (Å²) in [4.78, 5) is 22.6. The van der Waals surface area contributed by atoms with E-state index in [1.165, 1.54) is 42.8 Å². The maximum atomic E-state index is 12.4. The first-order valence-electron chi connectivity index (χ1n) is 7.27. The summed E-state index contributed by atoms with van der Waals surface area (Å²) in [5.74, 6) is 0.564. The van der Waals surface area contributed by atoms with Crippen LogP contribution in [0.5, 0.6) is 0 Å². The minimum Gasteiger partial charge on any atom is -0.465 e. The van der Waals surface area contributed by atoms with Crippen LogP contribution in [-0.2, 0) is 0 Å². The van der Waals surface area contributed by atoms with Crippen molar-refractivity contribution in [3.8, 4) is 0 Å². The van der Waals surface area contributed by atoms with Gasteiger partial charge >= 0.3 is 5.56 Å². The average Bonchev–Trinajstić information content (AvgIpc) is 3.15. The molecule has 0 aliphatic rings. The molecular formula is C16H11N5O4S. The molecule has 2 heterocycles. The van der Waals surface area contributed by atoms with Crippen molar-refractivity contribution in [1.82, 2.24) is 14.9 Å². The summed E-state index contributed by atoms with van der Waals surface area (Å²) in [6, 6.07) is 9.16. The fourth-order valence-electron chi connectivity index (χ4n) is 1.97. The number of nitrogens with zero attached hydrogens (tertiary/aromatic N) is 4. The number of nitro benzene ring substituents is 1. The molecule has 10 heteroatoms. The first kappa shape index (κ1) is 17.2. The quantitative estimate of drug-likeness (QED) is 0.320. The van der Waals surface area contributed by atoms with E-state index in [1.807, 2.05) is 0 Å². The Labute approximate surface area is 151 Å². The minimum absolute atomic E-state index is 0.0170. The first-order valence-corrected chi connectivity index (χ1v) is 7.67. The van der Waals surface area contributed by atoms with Gasteiger partial charge in [0.2, 0.25) is 4.77 Å². The molecule has 0 amide bonds. The Kier molecular flexibility index (Phi) is 4.94. The summed E-state index contributed by atoms with van der Waals surface area (Å²) < 4.78 is 6.14. The van der Waals surface area contributed by atoms with E-state index in [-0.39, 0.29) is 16.2 Å². The van der Waals surface area contributed by atoms with Crippen LogP contribution in [0.2, 0.25) is 0 Å². The number of aromatic amines is 1. The van der Waals surface area contributed by atoms with E-state index in [0.29, 0.717) is 11.3 Å². The van der Waals surface area contributed by atoms with Crippen molar-refractivity contribution in [2.75, 3.05) is 0 Å². The highest BCUT2D eigenvalue weighted by atomic mass is 32.1. The zero-order valence-corrected chi connectivity index (χ0v) is 13.9. The Balaban J connectivity index is 1.89. The highest BCUT2D eigenvalue weighted by Gasteiger charge is 2.05. The van der Waals surface area contributed by atoms with E-state index < -0.39 is 10.5 Å². The fraction of sp³-hybridized carbons (Fsp3) is 0. The summed E-state index contributed by atoms with van der Waals surface area (Å²) in [5.41, 5.74) is 0.109. The van der Waals surface area contributed by atoms with Gasteiger partial charge in [0, 0.05) is 12.1 Å². The molecule has 3 rings (SSSR count). The number of rotatable bonds is 5. The monoisotopic (exact) mass is 369 g/mol. The fourth-order valence-corrected chi connectivity index (χ4v) is 2.15. The van der Waals surface area contributed by atoms with E-state index in [4.69, 9.17) is 16.6 Å². The highest BCUT2D eigenvalue weighted by Crippen LogP contribution is 2.10. The third-order valence-electron chi connectivity index (χ3n) is 3.25. The SMILES string of the molecule is O=c1c(/C=C/c2ccco2)n[nH]c(=S)n1/N=C/c1ccc([N+](=O)[O-])cc1. The Morgan fingerprint density at radius 2 is 2.04 bits per heavy atom. The van der Waals surface area contributed by atoms with Crippen LogP contribution in [-0.4, -0.2) is 26.0 Å². The average molecular weight is 369 g/mol. The predicted octanol–water partition coefficient (Wildman–Crippen LogP) is 2.85. The molecule has 130 valence electrons. The van der Waals surface area contributed by atoms with Crippen LogP contribution in [0.4, 0.5) is 5.69 Å². The molecule has 0 fully saturated rings. The van der Waals surface area contributed by atoms with E-state index in [0.717, 1.165) is 4.68 Å². The number of hydrogen-bond acceptors (Lipinski definition) is 7. The van der Waals surface area contributed by atoms with Gasteiger partial charge in [0.25, 0.3) is 5.69 Å². The predicted molar refractivity (Wildman–Crippen MR) is 97.4 cm³/mol. The number of non-ortho nitro benzene ring substituents is 1. The highest BCUT2D eigenvalue weighted by molar-refractivity contribution is 7.71. The smallest absolute Gasteiger partial charge is 0.301 e. The van der Waals surface area contributed by atoms with Crippen molar-refractivity contribution >= 4 is 36.3 Å². The van der Waals surface area contributed by atoms with Crippen LogP contribution in [0.25, 0.3) is 12.2 Å². The first-order chi connectivity index (χ1) is 12.5. The van der Waals surface area contributed by atoms with Crippen molar-refractivity contribution < 1.29 is 9.34 Å². The van der Waals surface area contributed by atoms with Crippen molar-refractivity contribution in [2.45, 2.75) is 0 Å². The number of hydrogen-bond donors (Lipinski definition) is 1. The van der Waals surface area contributed by atoms with Gasteiger partial charge in [-0.05, 0) is 54.2 Å². The van der Waals surface area contributed by atoms with E-state index >= 15 is 0 Å². The van der Waals surface area contributed by atoms with E-state index in [1.54, 1.807) is 18.2 Å². The Hall–Kier alpha value is -3.66. The largest absolute Gasteiger partial charge is 0.465 e. The Morgan fingerprint density at radius 3 is 2.69 bits per heavy atom.